The van der Waals surface area contributed by atoms with E-state index in [0.29, 0.717) is 11.6 Å². The van der Waals surface area contributed by atoms with Gasteiger partial charge in [-0.25, -0.2) is 4.98 Å². The summed E-state index contributed by atoms with van der Waals surface area (Å²) >= 11 is 6.11. The van der Waals surface area contributed by atoms with Crippen LogP contribution in [0, 0.1) is 6.92 Å². The van der Waals surface area contributed by atoms with E-state index in [2.05, 4.69) is 29.1 Å². The van der Waals surface area contributed by atoms with Crippen molar-refractivity contribution < 1.29 is 5.11 Å². The molecule has 0 amide bonds. The largest absolute Gasteiger partial charge is 0.388 e. The zero-order chi connectivity index (χ0) is 22.9. The molecule has 5 heteroatoms. The Labute approximate surface area is 192 Å². The fraction of sp³-hybridized carbons (Fsp3) is 0.423. The number of allylic oxidation sites excluding steroid dienone is 1. The molecule has 0 saturated heterocycles. The number of aliphatic hydroxyl groups is 1. The molecule has 2 aromatic rings. The third-order valence-corrected chi connectivity index (χ3v) is 5.78. The molecule has 1 fully saturated rings. The van der Waals surface area contributed by atoms with Gasteiger partial charge in [0.05, 0.1) is 5.60 Å². The second kappa shape index (κ2) is 11.9. The van der Waals surface area contributed by atoms with Gasteiger partial charge in [-0.3, -0.25) is 0 Å². The Hall–Kier alpha value is -2.30. The Bertz CT molecular complexity index is 902. The van der Waals surface area contributed by atoms with Gasteiger partial charge in [-0.15, -0.1) is 0 Å². The number of aromatic nitrogens is 1. The SMILES string of the molecule is C=C(NCC1(O)CCCCC1)c1cnc(Nc2cccc(Cl)c2)c(/C=C\C)c1C.CC. The quantitative estimate of drug-likeness (QED) is 0.428. The van der Waals surface area contributed by atoms with E-state index >= 15 is 0 Å². The molecule has 0 spiro atoms. The Morgan fingerprint density at radius 3 is 2.61 bits per heavy atom. The molecule has 1 saturated carbocycles. The summed E-state index contributed by atoms with van der Waals surface area (Å²) in [5, 5.41) is 18.1. The number of benzene rings is 1. The molecule has 4 nitrogen and oxygen atoms in total. The van der Waals surface area contributed by atoms with Gasteiger partial charge in [-0.2, -0.15) is 0 Å². The second-order valence-electron chi connectivity index (χ2n) is 7.81. The second-order valence-corrected chi connectivity index (χ2v) is 8.25. The van der Waals surface area contributed by atoms with Crippen molar-refractivity contribution >= 4 is 34.9 Å². The Kier molecular flexibility index (Phi) is 9.60. The minimum Gasteiger partial charge on any atom is -0.388 e. The van der Waals surface area contributed by atoms with Crippen molar-refractivity contribution in [1.29, 1.82) is 0 Å². The van der Waals surface area contributed by atoms with E-state index in [9.17, 15) is 5.11 Å². The van der Waals surface area contributed by atoms with Gasteiger partial charge in [0.2, 0.25) is 0 Å². The number of anilines is 2. The summed E-state index contributed by atoms with van der Waals surface area (Å²) < 4.78 is 0. The summed E-state index contributed by atoms with van der Waals surface area (Å²) in [6.45, 7) is 12.8. The van der Waals surface area contributed by atoms with Gasteiger partial charge in [0.1, 0.15) is 5.82 Å². The van der Waals surface area contributed by atoms with Gasteiger partial charge in [-0.1, -0.05) is 69.5 Å². The van der Waals surface area contributed by atoms with Crippen LogP contribution >= 0.6 is 11.6 Å². The van der Waals surface area contributed by atoms with E-state index in [4.69, 9.17) is 11.6 Å². The highest BCUT2D eigenvalue weighted by Crippen LogP contribution is 2.30. The number of hydrogen-bond donors (Lipinski definition) is 3. The van der Waals surface area contributed by atoms with Crippen LogP contribution in [0.3, 0.4) is 0 Å². The van der Waals surface area contributed by atoms with E-state index < -0.39 is 5.60 Å². The predicted octanol–water partition coefficient (Wildman–Crippen LogP) is 7.10. The first-order chi connectivity index (χ1) is 14.9. The van der Waals surface area contributed by atoms with Crippen molar-refractivity contribution in [2.24, 2.45) is 0 Å². The van der Waals surface area contributed by atoms with E-state index in [1.165, 1.54) is 6.42 Å². The maximum Gasteiger partial charge on any atom is 0.137 e. The van der Waals surface area contributed by atoms with Crippen molar-refractivity contribution in [2.75, 3.05) is 11.9 Å². The van der Waals surface area contributed by atoms with Gasteiger partial charge < -0.3 is 15.7 Å². The van der Waals surface area contributed by atoms with E-state index in [0.717, 1.165) is 59.6 Å². The zero-order valence-electron chi connectivity index (χ0n) is 19.3. The lowest BCUT2D eigenvalue weighted by atomic mass is 9.85. The number of nitrogens with zero attached hydrogens (tertiary/aromatic N) is 1. The van der Waals surface area contributed by atoms with Crippen LogP contribution in [-0.2, 0) is 0 Å². The Morgan fingerprint density at radius 2 is 1.97 bits per heavy atom. The summed E-state index contributed by atoms with van der Waals surface area (Å²) in [5.41, 5.74) is 4.07. The van der Waals surface area contributed by atoms with Crippen molar-refractivity contribution in [3.63, 3.8) is 0 Å². The van der Waals surface area contributed by atoms with Gasteiger partial charge in [-0.05, 0) is 50.5 Å². The van der Waals surface area contributed by atoms with Crippen LogP contribution in [-0.4, -0.2) is 22.2 Å². The minimum absolute atomic E-state index is 0.521. The number of nitrogens with one attached hydrogen (secondary N) is 2. The molecule has 1 aromatic heterocycles. The van der Waals surface area contributed by atoms with Crippen LogP contribution in [0.2, 0.25) is 5.02 Å². The van der Waals surface area contributed by atoms with Crippen LogP contribution in [0.15, 0.2) is 43.1 Å². The van der Waals surface area contributed by atoms with Crippen LogP contribution < -0.4 is 10.6 Å². The van der Waals surface area contributed by atoms with Crippen LogP contribution in [0.5, 0.6) is 0 Å². The Morgan fingerprint density at radius 1 is 1.26 bits per heavy atom. The summed E-state index contributed by atoms with van der Waals surface area (Å²) in [5.74, 6) is 0.769. The lowest BCUT2D eigenvalue weighted by molar-refractivity contribution is 0.00826. The molecular weight excluding hydrogens is 406 g/mol. The molecule has 1 aliphatic carbocycles. The monoisotopic (exact) mass is 441 g/mol. The van der Waals surface area contributed by atoms with Crippen molar-refractivity contribution in [2.45, 2.75) is 65.4 Å². The van der Waals surface area contributed by atoms with Gasteiger partial charge in [0.15, 0.2) is 0 Å². The van der Waals surface area contributed by atoms with Crippen molar-refractivity contribution in [3.05, 3.63) is 64.8 Å². The highest BCUT2D eigenvalue weighted by atomic mass is 35.5. The van der Waals surface area contributed by atoms with Crippen molar-refractivity contribution in [3.8, 4) is 0 Å². The third-order valence-electron chi connectivity index (χ3n) is 5.55. The predicted molar refractivity (Wildman–Crippen MR) is 135 cm³/mol. The summed E-state index contributed by atoms with van der Waals surface area (Å²) in [7, 11) is 0. The lowest BCUT2D eigenvalue weighted by Crippen LogP contribution is -2.41. The standard InChI is InChI=1S/C24H30ClN3O.C2H6/c1-4-9-21-17(2)22(18(3)27-16-24(29)12-6-5-7-13-24)15-26-23(21)28-20-11-8-10-19(25)14-20;1-2/h4,8-11,14-15,27,29H,3,5-7,12-13,16H2,1-2H3,(H,26,28);1-2H3/b9-4-;. The molecule has 3 N–H and O–H groups in total. The summed E-state index contributed by atoms with van der Waals surface area (Å²) in [6.07, 6.45) is 10.9. The first-order valence-corrected chi connectivity index (χ1v) is 11.6. The number of pyridine rings is 1. The molecule has 0 aliphatic heterocycles. The average molecular weight is 442 g/mol. The lowest BCUT2D eigenvalue weighted by Gasteiger charge is -2.33. The zero-order valence-corrected chi connectivity index (χ0v) is 20.0. The van der Waals surface area contributed by atoms with Gasteiger partial charge in [0, 0.05) is 40.3 Å². The van der Waals surface area contributed by atoms with E-state index in [1.807, 2.05) is 63.4 Å². The third kappa shape index (κ3) is 6.84. The summed E-state index contributed by atoms with van der Waals surface area (Å²) in [4.78, 5) is 4.65. The van der Waals surface area contributed by atoms with Crippen molar-refractivity contribution in [1.82, 2.24) is 10.3 Å². The molecule has 0 atom stereocenters. The minimum atomic E-state index is -0.636. The topological polar surface area (TPSA) is 57.2 Å². The molecule has 1 heterocycles. The Balaban J connectivity index is 0.00000166. The van der Waals surface area contributed by atoms with E-state index in [1.54, 1.807) is 0 Å². The maximum absolute atomic E-state index is 10.8. The normalized spacial score (nSPS) is 15.2. The first kappa shape index (κ1) is 25.0. The average Bonchev–Trinajstić information content (AvgIpc) is 2.77. The molecule has 0 bridgehead atoms. The fourth-order valence-electron chi connectivity index (χ4n) is 3.85. The molecule has 31 heavy (non-hydrogen) atoms. The smallest absolute Gasteiger partial charge is 0.137 e. The van der Waals surface area contributed by atoms with Gasteiger partial charge >= 0.3 is 0 Å². The fourth-order valence-corrected chi connectivity index (χ4v) is 4.04. The maximum atomic E-state index is 10.8. The highest BCUT2D eigenvalue weighted by Gasteiger charge is 2.29. The molecular formula is C26H36ClN3O. The molecule has 3 rings (SSSR count). The molecule has 1 aliphatic rings. The molecule has 0 unspecified atom stereocenters. The summed E-state index contributed by atoms with van der Waals surface area (Å²) in [6, 6.07) is 7.58. The molecule has 168 valence electrons. The first-order valence-electron chi connectivity index (χ1n) is 11.2. The number of rotatable bonds is 7. The van der Waals surface area contributed by atoms with E-state index in [-0.39, 0.29) is 0 Å². The molecule has 1 aromatic carbocycles. The molecule has 0 radical (unpaired) electrons. The van der Waals surface area contributed by atoms with Crippen LogP contribution in [0.25, 0.3) is 11.8 Å². The highest BCUT2D eigenvalue weighted by molar-refractivity contribution is 6.30. The van der Waals surface area contributed by atoms with Crippen LogP contribution in [0.1, 0.15) is 69.6 Å². The van der Waals surface area contributed by atoms with Crippen LogP contribution in [0.4, 0.5) is 11.5 Å². The number of hydrogen-bond acceptors (Lipinski definition) is 4. The van der Waals surface area contributed by atoms with Gasteiger partial charge in [0.25, 0.3) is 0 Å². The number of halogens is 1.